The predicted molar refractivity (Wildman–Crippen MR) is 192 cm³/mol. The van der Waals surface area contributed by atoms with Gasteiger partial charge in [-0.1, -0.05) is 78.3 Å². The van der Waals surface area contributed by atoms with Crippen LogP contribution in [0.25, 0.3) is 11.1 Å². The van der Waals surface area contributed by atoms with Crippen LogP contribution in [0.15, 0.2) is 103 Å². The molecule has 12 heteroatoms. The zero-order valence-corrected chi connectivity index (χ0v) is 28.9. The first-order valence-electron chi connectivity index (χ1n) is 17.1. The van der Waals surface area contributed by atoms with Gasteiger partial charge < -0.3 is 19.3 Å². The molecule has 0 amide bonds. The van der Waals surface area contributed by atoms with E-state index in [1.807, 2.05) is 60.7 Å². The molecular formula is C40H36ClF5N4O2. The Morgan fingerprint density at radius 2 is 1.35 bits per heavy atom. The summed E-state index contributed by atoms with van der Waals surface area (Å²) in [5.41, 5.74) is 3.03. The molecule has 1 aromatic heterocycles. The standard InChI is InChI=1S/C40H36ClF5N4O2/c41-31-13-15-34(38(44)37(31)43)48-19-21-49(22-20-48)35-17-18-50(26-40(35,45)46)33-14-11-29(23-32(33)42)30-12-16-36(51-24-27-7-3-1-4-8-27)47-39(30)52-25-28-9-5-2-6-10-28/h1-16,23,35H,17-22,24-26H2/t35-/m1/s1. The van der Waals surface area contributed by atoms with Gasteiger partial charge >= 0.3 is 0 Å². The van der Waals surface area contributed by atoms with E-state index >= 15 is 13.2 Å². The highest BCUT2D eigenvalue weighted by Gasteiger charge is 2.48. The highest BCUT2D eigenvalue weighted by atomic mass is 35.5. The summed E-state index contributed by atoms with van der Waals surface area (Å²) in [5.74, 6) is -5.39. The number of ether oxygens (including phenoxy) is 2. The number of aromatic nitrogens is 1. The van der Waals surface area contributed by atoms with Crippen LogP contribution < -0.4 is 19.3 Å². The van der Waals surface area contributed by atoms with E-state index in [0.29, 0.717) is 23.6 Å². The van der Waals surface area contributed by atoms with Crippen LogP contribution in [0.4, 0.5) is 33.3 Å². The molecule has 0 radical (unpaired) electrons. The van der Waals surface area contributed by atoms with Gasteiger partial charge in [0.25, 0.3) is 5.92 Å². The van der Waals surface area contributed by atoms with Crippen LogP contribution in [-0.2, 0) is 13.2 Å². The fourth-order valence-corrected chi connectivity index (χ4v) is 6.99. The fraction of sp³-hybridized carbons (Fsp3) is 0.275. The molecule has 2 aliphatic heterocycles. The van der Waals surface area contributed by atoms with Crippen molar-refractivity contribution in [3.8, 4) is 22.9 Å². The summed E-state index contributed by atoms with van der Waals surface area (Å²) in [4.78, 5) is 9.30. The van der Waals surface area contributed by atoms with Gasteiger partial charge in [-0.05, 0) is 53.4 Å². The van der Waals surface area contributed by atoms with Gasteiger partial charge in [0.15, 0.2) is 11.6 Å². The minimum Gasteiger partial charge on any atom is -0.473 e. The molecule has 3 heterocycles. The molecule has 0 spiro atoms. The second kappa shape index (κ2) is 15.4. The average molecular weight is 735 g/mol. The van der Waals surface area contributed by atoms with Crippen molar-refractivity contribution in [2.45, 2.75) is 31.6 Å². The van der Waals surface area contributed by atoms with E-state index in [0.717, 1.165) is 11.1 Å². The molecule has 7 rings (SSSR count). The first-order valence-corrected chi connectivity index (χ1v) is 17.4. The molecule has 0 aliphatic carbocycles. The maximum absolute atomic E-state index is 15.8. The van der Waals surface area contributed by atoms with Crippen LogP contribution in [0.3, 0.4) is 0 Å². The second-order valence-electron chi connectivity index (χ2n) is 12.9. The lowest BCUT2D eigenvalue weighted by atomic mass is 9.97. The Kier molecular flexibility index (Phi) is 10.5. The van der Waals surface area contributed by atoms with Crippen LogP contribution in [0, 0.1) is 17.5 Å². The number of pyridine rings is 1. The lowest BCUT2D eigenvalue weighted by molar-refractivity contribution is -0.0892. The molecule has 270 valence electrons. The van der Waals surface area contributed by atoms with Crippen molar-refractivity contribution in [1.29, 1.82) is 0 Å². The Balaban J connectivity index is 1.04. The van der Waals surface area contributed by atoms with Crippen LogP contribution in [-0.4, -0.2) is 61.1 Å². The lowest BCUT2D eigenvalue weighted by Gasteiger charge is -2.47. The highest BCUT2D eigenvalue weighted by Crippen LogP contribution is 2.38. The molecule has 4 aromatic carbocycles. The normalized spacial score (nSPS) is 17.6. The van der Waals surface area contributed by atoms with Crippen molar-refractivity contribution in [3.63, 3.8) is 0 Å². The van der Waals surface area contributed by atoms with Crippen LogP contribution >= 0.6 is 11.6 Å². The van der Waals surface area contributed by atoms with Crippen LogP contribution in [0.1, 0.15) is 17.5 Å². The summed E-state index contributed by atoms with van der Waals surface area (Å²) >= 11 is 5.69. The number of piperazine rings is 1. The van der Waals surface area contributed by atoms with E-state index in [1.165, 1.54) is 29.2 Å². The monoisotopic (exact) mass is 734 g/mol. The molecule has 5 aromatic rings. The molecule has 0 saturated carbocycles. The van der Waals surface area contributed by atoms with Crippen LogP contribution in [0.2, 0.25) is 5.02 Å². The molecule has 1 atom stereocenters. The first kappa shape index (κ1) is 35.5. The summed E-state index contributed by atoms with van der Waals surface area (Å²) in [5, 5.41) is -0.314. The van der Waals surface area contributed by atoms with Crippen molar-refractivity contribution in [3.05, 3.63) is 137 Å². The molecule has 6 nitrogen and oxygen atoms in total. The number of hydrogen-bond acceptors (Lipinski definition) is 6. The highest BCUT2D eigenvalue weighted by molar-refractivity contribution is 6.30. The maximum atomic E-state index is 15.8. The Morgan fingerprint density at radius 1 is 0.692 bits per heavy atom. The Labute approximate surface area is 304 Å². The third kappa shape index (κ3) is 7.80. The lowest BCUT2D eigenvalue weighted by Crippen LogP contribution is -2.62. The number of rotatable bonds is 10. The van der Waals surface area contributed by atoms with Gasteiger partial charge in [0.1, 0.15) is 19.0 Å². The predicted octanol–water partition coefficient (Wildman–Crippen LogP) is 9.01. The molecule has 2 fully saturated rings. The van der Waals surface area contributed by atoms with Gasteiger partial charge in [0.05, 0.1) is 29.0 Å². The Hall–Kier alpha value is -4.87. The molecule has 2 saturated heterocycles. The fourth-order valence-electron chi connectivity index (χ4n) is 6.84. The largest absolute Gasteiger partial charge is 0.473 e. The van der Waals surface area contributed by atoms with Gasteiger partial charge in [-0.15, -0.1) is 0 Å². The Morgan fingerprint density at radius 3 is 2.00 bits per heavy atom. The maximum Gasteiger partial charge on any atom is 0.280 e. The van der Waals surface area contributed by atoms with Crippen molar-refractivity contribution in [2.75, 3.05) is 49.1 Å². The quantitative estimate of drug-likeness (QED) is 0.105. The molecule has 52 heavy (non-hydrogen) atoms. The summed E-state index contributed by atoms with van der Waals surface area (Å²) in [6.45, 7) is 1.06. The van der Waals surface area contributed by atoms with Gasteiger partial charge in [0, 0.05) is 44.4 Å². The van der Waals surface area contributed by atoms with Gasteiger partial charge in [-0.3, -0.25) is 4.90 Å². The summed E-state index contributed by atoms with van der Waals surface area (Å²) in [7, 11) is 0. The molecular weight excluding hydrogens is 699 g/mol. The van der Waals surface area contributed by atoms with E-state index in [2.05, 4.69) is 4.98 Å². The van der Waals surface area contributed by atoms with Gasteiger partial charge in [0.2, 0.25) is 11.8 Å². The third-order valence-corrected chi connectivity index (χ3v) is 9.85. The van der Waals surface area contributed by atoms with Crippen molar-refractivity contribution in [2.24, 2.45) is 0 Å². The average Bonchev–Trinajstić information content (AvgIpc) is 3.16. The Bertz CT molecular complexity index is 2000. The topological polar surface area (TPSA) is 41.1 Å². The number of alkyl halides is 2. The molecule has 0 N–H and O–H groups in total. The first-order chi connectivity index (χ1) is 25.2. The SMILES string of the molecule is Fc1cc(-c2ccc(OCc3ccccc3)nc2OCc2ccccc2)ccc1N1CC[C@@H](N2CCN(c3ccc(Cl)c(F)c3F)CC2)C(F)(F)C1. The number of benzene rings is 4. The minimum absolute atomic E-state index is 0.0556. The molecule has 2 aliphatic rings. The van der Waals surface area contributed by atoms with E-state index in [-0.39, 0.29) is 68.0 Å². The van der Waals surface area contributed by atoms with Gasteiger partial charge in [-0.25, -0.2) is 22.0 Å². The molecule has 0 bridgehead atoms. The van der Waals surface area contributed by atoms with E-state index in [1.54, 1.807) is 28.0 Å². The smallest absolute Gasteiger partial charge is 0.280 e. The van der Waals surface area contributed by atoms with Gasteiger partial charge in [-0.2, -0.15) is 4.98 Å². The summed E-state index contributed by atoms with van der Waals surface area (Å²) in [6, 6.07) is 28.8. The van der Waals surface area contributed by atoms with Crippen molar-refractivity contribution < 1.29 is 31.4 Å². The van der Waals surface area contributed by atoms with Crippen molar-refractivity contribution >= 4 is 23.0 Å². The second-order valence-corrected chi connectivity index (χ2v) is 13.3. The number of anilines is 2. The van der Waals surface area contributed by atoms with Crippen LogP contribution in [0.5, 0.6) is 11.8 Å². The number of piperidine rings is 1. The van der Waals surface area contributed by atoms with E-state index in [4.69, 9.17) is 21.1 Å². The molecule has 0 unspecified atom stereocenters. The zero-order valence-electron chi connectivity index (χ0n) is 28.1. The number of nitrogens with zero attached hydrogens (tertiary/aromatic N) is 4. The summed E-state index contributed by atoms with van der Waals surface area (Å²) in [6.07, 6.45) is 0.101. The number of halogens is 6. The summed E-state index contributed by atoms with van der Waals surface area (Å²) < 4.78 is 87.9. The minimum atomic E-state index is -3.15. The van der Waals surface area contributed by atoms with Crippen molar-refractivity contribution in [1.82, 2.24) is 9.88 Å². The zero-order chi connectivity index (χ0) is 36.2. The van der Waals surface area contributed by atoms with E-state index < -0.39 is 36.0 Å². The number of hydrogen-bond donors (Lipinski definition) is 0. The van der Waals surface area contributed by atoms with E-state index in [9.17, 15) is 8.78 Å². The third-order valence-electron chi connectivity index (χ3n) is 9.55.